The van der Waals surface area contributed by atoms with Crippen LogP contribution in [0.2, 0.25) is 0 Å². The van der Waals surface area contributed by atoms with Crippen LogP contribution in [0.3, 0.4) is 0 Å². The molecular formula is C87H72F8N7O12Pt4S10-3. The van der Waals surface area contributed by atoms with Gasteiger partial charge in [0, 0.05) is 195 Å². The Morgan fingerprint density at radius 3 is 0.984 bits per heavy atom. The van der Waals surface area contributed by atoms with Gasteiger partial charge in [0.05, 0.1) is 5.76 Å². The number of pyridine rings is 7. The first-order chi connectivity index (χ1) is 58.7. The number of halogens is 8. The Morgan fingerprint density at radius 2 is 0.727 bits per heavy atom. The third-order valence-electron chi connectivity index (χ3n) is 15.6. The molecule has 0 bridgehead atoms. The van der Waals surface area contributed by atoms with E-state index < -0.39 is 93.1 Å². The second-order valence-electron chi connectivity index (χ2n) is 25.1. The molecule has 13 aromatic rings. The number of rotatable bonds is 19. The molecule has 686 valence electrons. The van der Waals surface area contributed by atoms with Gasteiger partial charge in [0.15, 0.2) is 5.78 Å². The number of sulfone groups is 3. The predicted octanol–water partition coefficient (Wildman–Crippen LogP) is 19.0. The number of carboxylic acid groups (broad SMARTS) is 1. The summed E-state index contributed by atoms with van der Waals surface area (Å²) in [5.74, 6) is -4.44. The predicted molar refractivity (Wildman–Crippen MR) is 475 cm³/mol. The number of thiol groups is 4. The van der Waals surface area contributed by atoms with Crippen molar-refractivity contribution in [2.75, 3.05) is 31.3 Å². The van der Waals surface area contributed by atoms with Gasteiger partial charge in [0.1, 0.15) is 35.2 Å². The zero-order valence-electron chi connectivity index (χ0n) is 67.4. The van der Waals surface area contributed by atoms with E-state index in [9.17, 15) is 78.7 Å². The summed E-state index contributed by atoms with van der Waals surface area (Å²) in [6, 6.07) is 54.5. The normalized spacial score (nSPS) is 10.8. The monoisotopic (exact) mass is 2660 g/mol. The molecule has 0 radical (unpaired) electrons. The van der Waals surface area contributed by atoms with Crippen LogP contribution in [0.5, 0.6) is 0 Å². The van der Waals surface area contributed by atoms with Crippen molar-refractivity contribution in [3.05, 3.63) is 335 Å². The van der Waals surface area contributed by atoms with Crippen LogP contribution < -0.4 is 0 Å². The van der Waals surface area contributed by atoms with Gasteiger partial charge in [0.25, 0.3) is 0 Å². The van der Waals surface area contributed by atoms with Crippen LogP contribution in [0.1, 0.15) is 52.2 Å². The number of carbonyl (C=O) groups excluding carboxylic acids is 1. The first-order valence-corrected chi connectivity index (χ1v) is 47.1. The molecule has 0 amide bonds. The van der Waals surface area contributed by atoms with E-state index in [-0.39, 0.29) is 150 Å². The summed E-state index contributed by atoms with van der Waals surface area (Å²) in [5.41, 5.74) is 8.30. The molecule has 0 saturated carbocycles. The largest absolute Gasteiger partial charge is 2.00 e. The second kappa shape index (κ2) is 57.6. The average Bonchev–Trinajstić information content (AvgIpc) is 0.781. The summed E-state index contributed by atoms with van der Waals surface area (Å²) in [4.78, 5) is 49.9. The smallest absolute Gasteiger partial charge is 0.773 e. The van der Waals surface area contributed by atoms with Crippen LogP contribution in [0.15, 0.2) is 243 Å². The summed E-state index contributed by atoms with van der Waals surface area (Å²) in [6.07, 6.45) is 19.0. The number of ketones is 1. The molecule has 0 aliphatic carbocycles. The maximum absolute atomic E-state index is 13.5. The van der Waals surface area contributed by atoms with Crippen LogP contribution in [0.25, 0.3) is 67.5 Å². The fourth-order valence-corrected chi connectivity index (χ4v) is 14.2. The zero-order chi connectivity index (χ0) is 91.6. The van der Waals surface area contributed by atoms with Gasteiger partial charge in [-0.1, -0.05) is 100 Å². The Hall–Kier alpha value is -7.70. The summed E-state index contributed by atoms with van der Waals surface area (Å²) in [7, 11) is -10.6. The molecule has 0 aliphatic rings. The number of thioether (sulfide) groups is 2. The summed E-state index contributed by atoms with van der Waals surface area (Å²) in [5, 5.41) is 16.7. The van der Waals surface area contributed by atoms with E-state index in [1.54, 1.807) is 116 Å². The quantitative estimate of drug-likeness (QED) is 0.00833. The number of benzene rings is 6. The van der Waals surface area contributed by atoms with E-state index in [1.807, 2.05) is 18.6 Å². The molecule has 1 atom stereocenters. The Bertz CT molecular complexity index is 5920. The molecule has 7 heterocycles. The fraction of sp³-hybridized carbons (Fsp3) is 0.138. The van der Waals surface area contributed by atoms with Gasteiger partial charge in [-0.15, -0.1) is 125 Å². The van der Waals surface area contributed by atoms with Crippen molar-refractivity contribution in [1.29, 1.82) is 0 Å². The van der Waals surface area contributed by atoms with Crippen molar-refractivity contribution in [3.63, 3.8) is 0 Å². The number of nitrogens with zero attached hydrogens (tertiary/aromatic N) is 7. The maximum Gasteiger partial charge on any atom is 2.00 e. The van der Waals surface area contributed by atoms with Crippen molar-refractivity contribution in [1.82, 2.24) is 34.9 Å². The van der Waals surface area contributed by atoms with Crippen molar-refractivity contribution < 1.29 is 173 Å². The number of carboxylic acids is 1. The van der Waals surface area contributed by atoms with E-state index in [0.29, 0.717) is 68.3 Å². The first-order valence-electron chi connectivity index (χ1n) is 35.2. The second-order valence-corrected chi connectivity index (χ2v) is 35.1. The van der Waals surface area contributed by atoms with E-state index in [1.165, 1.54) is 73.9 Å². The number of aliphatic hydroxyl groups is 1. The SMILES string of the molecule is CC(=O)C=C(C)O.CS(=O)(=O)c1c[c-]c(-c2cc(CS)ccn2)c(CS(=O)[O-])c1.CSc1ccnc(-c2[c-]cc(F)cc2F)c1.CSc1ccnc(-c2[c-]cc(S(C)(=O)=O)cc2S(C)(=O)=O)c1.Fc1c[c-]c(-c2cc(CS)ccn2)c(F)c1.Fc1c[c-]c(-c2cc(CS)ccn2)c(F)c1.Fc1c[c-]c(-c2cc(CS)ccn2)c(F)c1.O=C(O)c1ccccn1.[Pt+2].[Pt+2].[Pt].[Pt]. The van der Waals surface area contributed by atoms with E-state index in [4.69, 9.17) is 10.2 Å². The number of aromatic nitrogens is 7. The minimum absolute atomic E-state index is 0. The molecule has 0 spiro atoms. The Morgan fingerprint density at radius 1 is 0.422 bits per heavy atom. The average molecular weight is 2660 g/mol. The van der Waals surface area contributed by atoms with Crippen molar-refractivity contribution in [2.24, 2.45) is 0 Å². The number of aromatic carboxylic acids is 1. The molecule has 1 unspecified atom stereocenters. The molecule has 0 aliphatic heterocycles. The Balaban J connectivity index is 0.000000502. The zero-order valence-corrected chi connectivity index (χ0v) is 84.9. The van der Waals surface area contributed by atoms with Gasteiger partial charge >= 0.3 is 48.1 Å². The molecule has 2 N–H and O–H groups in total. The fourth-order valence-electron chi connectivity index (χ4n) is 9.91. The molecule has 13 rings (SSSR count). The molecule has 6 aromatic carbocycles. The maximum atomic E-state index is 13.5. The van der Waals surface area contributed by atoms with Gasteiger partial charge in [-0.25, -0.2) is 35.0 Å². The molecule has 41 heteroatoms. The van der Waals surface area contributed by atoms with E-state index in [0.717, 1.165) is 105 Å². The van der Waals surface area contributed by atoms with Gasteiger partial charge in [-0.05, 0) is 146 Å². The Labute approximate surface area is 827 Å². The van der Waals surface area contributed by atoms with Crippen LogP contribution in [0.4, 0.5) is 35.1 Å². The molecule has 19 nitrogen and oxygen atoms in total. The number of hydrogen-bond acceptors (Lipinski definition) is 24. The molecule has 0 fully saturated rings. The topological polar surface area (TPSA) is 307 Å². The number of allylic oxidation sites excluding steroid dienone is 2. The van der Waals surface area contributed by atoms with E-state index >= 15 is 0 Å². The Kier molecular flexibility index (Phi) is 52.3. The van der Waals surface area contributed by atoms with Crippen molar-refractivity contribution >= 4 is 126 Å². The minimum atomic E-state index is -3.63. The minimum Gasteiger partial charge on any atom is -0.773 e. The summed E-state index contributed by atoms with van der Waals surface area (Å²) < 4.78 is 197. The summed E-state index contributed by atoms with van der Waals surface area (Å²) >= 11 is 17.2. The number of aliphatic hydroxyl groups excluding tert-OH is 1. The van der Waals surface area contributed by atoms with E-state index in [2.05, 4.69) is 122 Å². The third kappa shape index (κ3) is 39.0. The van der Waals surface area contributed by atoms with Crippen LogP contribution in [-0.4, -0.2) is 122 Å². The van der Waals surface area contributed by atoms with Gasteiger partial charge < -0.3 is 44.7 Å². The standard InChI is InChI=1S/2C14H14NO4S3.4C12H8F2NS.C6H5NO2.C5H8O2.4Pt/c1-20-10-6-7-15-13(8-10)12-5-4-11(21(2,16)17)9-14(12)22(3,18)19;1-22(18,19)12-2-3-13(11(7-12)9-21(16)17)14-6-10(8-20)4-5-15-14;1-16-9-4-5-15-12(7-9)10-3-2-8(13)6-11(10)14;3*13-9-1-2-10(11(14)6-9)12-5-8(7-16)3-4-15-12;8-6(9)5-3-1-2-4-7-5;1-4(6)3-5(2)7;;;;/h4,6-9H,1-3H3;2,4-7,20H,8-9H2,1H3,(H,16,17);2,4-7H,1H3;3*1,3-6,16H,7H2;1-4H,(H,8,9);3,6H,1-2H3;;;;/q6*-1;;;;;2*+2/p-1. The van der Waals surface area contributed by atoms with Gasteiger partial charge in [-0.3, -0.25) is 44.1 Å². The van der Waals surface area contributed by atoms with Crippen molar-refractivity contribution in [2.45, 2.75) is 67.1 Å². The van der Waals surface area contributed by atoms with Crippen LogP contribution >= 0.6 is 74.0 Å². The first kappa shape index (κ1) is 116. The third-order valence-corrected chi connectivity index (χ3v) is 22.4. The number of hydrogen-bond donors (Lipinski definition) is 6. The van der Waals surface area contributed by atoms with Crippen LogP contribution in [0, 0.1) is 82.9 Å². The van der Waals surface area contributed by atoms with Gasteiger partial charge in [0.2, 0.25) is 0 Å². The van der Waals surface area contributed by atoms with Crippen LogP contribution in [-0.2, 0) is 158 Å². The molecule has 7 aromatic heterocycles. The summed E-state index contributed by atoms with van der Waals surface area (Å²) in [6.45, 7) is 2.85. The molecular weight excluding hydrogens is 2590 g/mol. The molecule has 128 heavy (non-hydrogen) atoms. The van der Waals surface area contributed by atoms with Gasteiger partial charge in [-0.2, -0.15) is 50.5 Å². The number of carbonyl (C=O) groups is 2. The van der Waals surface area contributed by atoms with Crippen molar-refractivity contribution in [3.8, 4) is 67.5 Å². The molecule has 0 saturated heterocycles.